The van der Waals surface area contributed by atoms with Gasteiger partial charge in [0.2, 0.25) is 10.0 Å². The first-order valence-corrected chi connectivity index (χ1v) is 13.6. The second-order valence-electron chi connectivity index (χ2n) is 8.97. The Morgan fingerprint density at radius 3 is 2.67 bits per heavy atom. The number of hydrogen-bond donors (Lipinski definition) is 1. The summed E-state index contributed by atoms with van der Waals surface area (Å²) < 4.78 is 40.7. The molecule has 1 aromatic carbocycles. The number of likely N-dealkylation sites (N-methyl/N-ethyl adjacent to an activating group) is 1. The minimum Gasteiger partial charge on any atom is -0.493 e. The molecule has 0 unspecified atom stereocenters. The van der Waals surface area contributed by atoms with Gasteiger partial charge in [0, 0.05) is 39.8 Å². The predicted molar refractivity (Wildman–Crippen MR) is 137 cm³/mol. The monoisotopic (exact) mass is 518 g/mol. The molecule has 0 radical (unpaired) electrons. The zero-order valence-corrected chi connectivity index (χ0v) is 22.3. The van der Waals surface area contributed by atoms with E-state index in [1.54, 1.807) is 20.2 Å². The third kappa shape index (κ3) is 4.90. The van der Waals surface area contributed by atoms with E-state index in [4.69, 9.17) is 14.5 Å². The molecule has 4 rings (SSSR count). The molecule has 1 fully saturated rings. The highest BCUT2D eigenvalue weighted by Gasteiger charge is 2.38. The SMILES string of the molecule is CCCc1nn(C)c2c(=O)[nH]c(-c3cc(S(=O)(=O)N4CC(N(C)CCOC)C4)ccc3OCC)nc12. The van der Waals surface area contributed by atoms with Gasteiger partial charge in [-0.1, -0.05) is 13.3 Å². The molecular weight excluding hydrogens is 484 g/mol. The maximum Gasteiger partial charge on any atom is 0.277 e. The molecule has 1 aliphatic heterocycles. The van der Waals surface area contributed by atoms with Crippen LogP contribution < -0.4 is 10.3 Å². The second kappa shape index (κ2) is 10.7. The average molecular weight is 519 g/mol. The fraction of sp³-hybridized carbons (Fsp3) is 0.542. The number of aromatic amines is 1. The van der Waals surface area contributed by atoms with Gasteiger partial charge in [-0.25, -0.2) is 13.4 Å². The van der Waals surface area contributed by atoms with Crippen LogP contribution in [0.3, 0.4) is 0 Å². The number of aryl methyl sites for hydroxylation is 2. The van der Waals surface area contributed by atoms with Crippen molar-refractivity contribution in [3.63, 3.8) is 0 Å². The number of H-pyrrole nitrogens is 1. The molecule has 0 aliphatic carbocycles. The van der Waals surface area contributed by atoms with Crippen molar-refractivity contribution in [1.82, 2.24) is 29.0 Å². The Morgan fingerprint density at radius 1 is 1.25 bits per heavy atom. The number of hydrogen-bond acceptors (Lipinski definition) is 8. The van der Waals surface area contributed by atoms with Gasteiger partial charge >= 0.3 is 0 Å². The topological polar surface area (TPSA) is 123 Å². The van der Waals surface area contributed by atoms with Crippen molar-refractivity contribution < 1.29 is 17.9 Å². The number of benzene rings is 1. The Labute approximate surface area is 211 Å². The first-order valence-electron chi connectivity index (χ1n) is 12.1. The summed E-state index contributed by atoms with van der Waals surface area (Å²) in [6.45, 7) is 6.39. The first-order chi connectivity index (χ1) is 17.2. The molecule has 3 heterocycles. The first kappa shape index (κ1) is 26.3. The lowest BCUT2D eigenvalue weighted by atomic mass is 10.1. The number of nitrogens with zero attached hydrogens (tertiary/aromatic N) is 5. The maximum atomic E-state index is 13.4. The standard InChI is InChI=1S/C24H34N6O5S/c1-6-8-19-21-22(29(4)27-19)24(31)26-23(25-21)18-13-17(9-10-20(18)35-7-2)36(32,33)30-14-16(15-30)28(3)11-12-34-5/h9-10,13,16H,6-8,11-12,14-15H2,1-5H3,(H,25,26,31). The molecule has 1 saturated heterocycles. The van der Waals surface area contributed by atoms with Crippen molar-refractivity contribution in [1.29, 1.82) is 0 Å². The fourth-order valence-corrected chi connectivity index (χ4v) is 5.92. The van der Waals surface area contributed by atoms with Crippen LogP contribution in [0.1, 0.15) is 26.0 Å². The van der Waals surface area contributed by atoms with E-state index in [1.807, 2.05) is 20.9 Å². The highest BCUT2D eigenvalue weighted by atomic mass is 32.2. The normalized spacial score (nSPS) is 15.1. The number of ether oxygens (including phenoxy) is 2. The van der Waals surface area contributed by atoms with Gasteiger partial charge in [0.25, 0.3) is 5.56 Å². The van der Waals surface area contributed by atoms with E-state index in [0.717, 1.165) is 18.7 Å². The summed E-state index contributed by atoms with van der Waals surface area (Å²) in [6.07, 6.45) is 1.53. The van der Waals surface area contributed by atoms with E-state index < -0.39 is 10.0 Å². The molecule has 1 N–H and O–H groups in total. The number of methoxy groups -OCH3 is 1. The molecule has 0 bridgehead atoms. The molecule has 0 saturated carbocycles. The van der Waals surface area contributed by atoms with Crippen LogP contribution in [0.25, 0.3) is 22.4 Å². The van der Waals surface area contributed by atoms with E-state index in [1.165, 1.54) is 21.1 Å². The van der Waals surface area contributed by atoms with Crippen molar-refractivity contribution >= 4 is 21.1 Å². The predicted octanol–water partition coefficient (Wildman–Crippen LogP) is 1.63. The zero-order chi connectivity index (χ0) is 26.0. The molecule has 11 nitrogen and oxygen atoms in total. The second-order valence-corrected chi connectivity index (χ2v) is 10.9. The zero-order valence-electron chi connectivity index (χ0n) is 21.4. The van der Waals surface area contributed by atoms with Crippen LogP contribution in [-0.2, 0) is 28.2 Å². The van der Waals surface area contributed by atoms with Crippen LogP contribution in [-0.4, -0.2) is 90.4 Å². The molecule has 196 valence electrons. The number of sulfonamides is 1. The lowest BCUT2D eigenvalue weighted by Gasteiger charge is -2.42. The van der Waals surface area contributed by atoms with Gasteiger partial charge in [0.15, 0.2) is 5.52 Å². The van der Waals surface area contributed by atoms with E-state index in [0.29, 0.717) is 55.1 Å². The van der Waals surface area contributed by atoms with Crippen LogP contribution in [0.4, 0.5) is 0 Å². The lowest BCUT2D eigenvalue weighted by Crippen LogP contribution is -2.60. The Morgan fingerprint density at radius 2 is 2.00 bits per heavy atom. The summed E-state index contributed by atoms with van der Waals surface area (Å²) in [4.78, 5) is 22.7. The summed E-state index contributed by atoms with van der Waals surface area (Å²) in [6, 6.07) is 4.82. The fourth-order valence-electron chi connectivity index (χ4n) is 4.37. The summed E-state index contributed by atoms with van der Waals surface area (Å²) in [5, 5.41) is 4.46. The van der Waals surface area contributed by atoms with Crippen LogP contribution in [0, 0.1) is 0 Å². The van der Waals surface area contributed by atoms with E-state index >= 15 is 0 Å². The minimum absolute atomic E-state index is 0.127. The van der Waals surface area contributed by atoms with Gasteiger partial charge < -0.3 is 14.5 Å². The van der Waals surface area contributed by atoms with E-state index in [2.05, 4.69) is 15.0 Å². The summed E-state index contributed by atoms with van der Waals surface area (Å²) in [7, 11) is 1.59. The molecule has 2 aromatic heterocycles. The molecule has 1 aliphatic rings. The molecule has 3 aromatic rings. The van der Waals surface area contributed by atoms with Crippen molar-refractivity contribution in [2.24, 2.45) is 7.05 Å². The molecular formula is C24H34N6O5S. The van der Waals surface area contributed by atoms with Crippen LogP contribution in [0.2, 0.25) is 0 Å². The summed E-state index contributed by atoms with van der Waals surface area (Å²) in [5.74, 6) is 0.694. The number of nitrogens with one attached hydrogen (secondary N) is 1. The number of fused-ring (bicyclic) bond motifs is 1. The van der Waals surface area contributed by atoms with Crippen LogP contribution in [0.15, 0.2) is 27.9 Å². The summed E-state index contributed by atoms with van der Waals surface area (Å²) >= 11 is 0. The van der Waals surface area contributed by atoms with Crippen molar-refractivity contribution in [2.45, 2.75) is 37.6 Å². The average Bonchev–Trinajstić information content (AvgIpc) is 3.12. The Kier molecular flexibility index (Phi) is 7.79. The summed E-state index contributed by atoms with van der Waals surface area (Å²) in [5.41, 5.74) is 1.70. The molecule has 0 atom stereocenters. The lowest BCUT2D eigenvalue weighted by molar-refractivity contribution is 0.0807. The molecule has 0 spiro atoms. The Hall–Kier alpha value is -2.80. The van der Waals surface area contributed by atoms with Gasteiger partial charge in [-0.3, -0.25) is 14.4 Å². The van der Waals surface area contributed by atoms with Gasteiger partial charge in [0.1, 0.15) is 17.1 Å². The van der Waals surface area contributed by atoms with E-state index in [-0.39, 0.29) is 22.3 Å². The number of aromatic nitrogens is 4. The van der Waals surface area contributed by atoms with Gasteiger partial charge in [0.05, 0.1) is 29.4 Å². The highest BCUT2D eigenvalue weighted by molar-refractivity contribution is 7.89. The highest BCUT2D eigenvalue weighted by Crippen LogP contribution is 2.33. The minimum atomic E-state index is -3.73. The van der Waals surface area contributed by atoms with Gasteiger partial charge in [-0.05, 0) is 38.6 Å². The van der Waals surface area contributed by atoms with Crippen LogP contribution in [0.5, 0.6) is 5.75 Å². The van der Waals surface area contributed by atoms with Crippen molar-refractivity contribution in [3.8, 4) is 17.1 Å². The third-order valence-electron chi connectivity index (χ3n) is 6.49. The molecule has 12 heteroatoms. The third-order valence-corrected chi connectivity index (χ3v) is 8.32. The van der Waals surface area contributed by atoms with Gasteiger partial charge in [-0.2, -0.15) is 9.40 Å². The van der Waals surface area contributed by atoms with Gasteiger partial charge in [-0.15, -0.1) is 0 Å². The van der Waals surface area contributed by atoms with Crippen LogP contribution >= 0.6 is 0 Å². The molecule has 0 amide bonds. The Balaban J connectivity index is 1.71. The smallest absolute Gasteiger partial charge is 0.277 e. The largest absolute Gasteiger partial charge is 0.493 e. The van der Waals surface area contributed by atoms with Crippen molar-refractivity contribution in [3.05, 3.63) is 34.2 Å². The van der Waals surface area contributed by atoms with Crippen molar-refractivity contribution in [2.75, 3.05) is 47.0 Å². The van der Waals surface area contributed by atoms with E-state index in [9.17, 15) is 13.2 Å². The maximum absolute atomic E-state index is 13.4. The Bertz CT molecular complexity index is 1390. The molecule has 36 heavy (non-hydrogen) atoms. The number of rotatable bonds is 11. The quantitative estimate of drug-likeness (QED) is 0.406.